The van der Waals surface area contributed by atoms with Crippen molar-refractivity contribution in [2.45, 2.75) is 33.0 Å². The van der Waals surface area contributed by atoms with Crippen LogP contribution in [0.3, 0.4) is 0 Å². The number of carbonyl (C=O) groups excluding carboxylic acids is 1. The number of ether oxygens (including phenoxy) is 3. The molecule has 0 aliphatic rings. The SMILES string of the molecule is CCCCOC(C)OC(=O)Oc1ccccc1. The maximum Gasteiger partial charge on any atom is 0.516 e. The van der Waals surface area contributed by atoms with Crippen molar-refractivity contribution in [1.82, 2.24) is 0 Å². The van der Waals surface area contributed by atoms with Crippen molar-refractivity contribution in [3.05, 3.63) is 30.3 Å². The summed E-state index contributed by atoms with van der Waals surface area (Å²) in [6.45, 7) is 4.32. The van der Waals surface area contributed by atoms with Crippen LogP contribution >= 0.6 is 0 Å². The van der Waals surface area contributed by atoms with E-state index in [2.05, 4.69) is 6.92 Å². The summed E-state index contributed by atoms with van der Waals surface area (Å²) in [7, 11) is 0. The normalized spacial score (nSPS) is 11.9. The average Bonchev–Trinajstić information content (AvgIpc) is 2.30. The first-order valence-electron chi connectivity index (χ1n) is 5.77. The van der Waals surface area contributed by atoms with E-state index in [0.717, 1.165) is 12.8 Å². The summed E-state index contributed by atoms with van der Waals surface area (Å²) >= 11 is 0. The van der Waals surface area contributed by atoms with Gasteiger partial charge in [0.2, 0.25) is 6.29 Å². The summed E-state index contributed by atoms with van der Waals surface area (Å²) in [5.41, 5.74) is 0. The number of para-hydroxylation sites is 1. The van der Waals surface area contributed by atoms with E-state index in [-0.39, 0.29) is 0 Å². The molecule has 17 heavy (non-hydrogen) atoms. The molecule has 94 valence electrons. The predicted octanol–water partition coefficient (Wildman–Crippen LogP) is 3.36. The van der Waals surface area contributed by atoms with Crippen LogP contribution in [0.4, 0.5) is 4.79 Å². The van der Waals surface area contributed by atoms with Gasteiger partial charge in [-0.15, -0.1) is 0 Å². The van der Waals surface area contributed by atoms with Crippen LogP contribution in [0.2, 0.25) is 0 Å². The summed E-state index contributed by atoms with van der Waals surface area (Å²) in [4.78, 5) is 11.3. The van der Waals surface area contributed by atoms with Crippen LogP contribution in [0, 0.1) is 0 Å². The maximum absolute atomic E-state index is 11.3. The Morgan fingerprint density at radius 2 is 2.00 bits per heavy atom. The highest BCUT2D eigenvalue weighted by Gasteiger charge is 2.11. The minimum atomic E-state index is -0.750. The molecule has 0 aliphatic heterocycles. The molecule has 0 fully saturated rings. The molecule has 0 saturated carbocycles. The highest BCUT2D eigenvalue weighted by molar-refractivity contribution is 5.63. The molecule has 0 radical (unpaired) electrons. The van der Waals surface area contributed by atoms with Crippen molar-refractivity contribution in [3.8, 4) is 5.75 Å². The van der Waals surface area contributed by atoms with Crippen LogP contribution in [0.25, 0.3) is 0 Å². The lowest BCUT2D eigenvalue weighted by Crippen LogP contribution is -2.21. The number of benzene rings is 1. The Kier molecular flexibility index (Phi) is 6.10. The van der Waals surface area contributed by atoms with Crippen molar-refractivity contribution in [2.24, 2.45) is 0 Å². The number of carbonyl (C=O) groups is 1. The highest BCUT2D eigenvalue weighted by atomic mass is 16.8. The first kappa shape index (κ1) is 13.5. The minimum Gasteiger partial charge on any atom is -0.404 e. The summed E-state index contributed by atoms with van der Waals surface area (Å²) < 4.78 is 15.1. The first-order valence-corrected chi connectivity index (χ1v) is 5.77. The molecule has 1 rings (SSSR count). The molecule has 0 saturated heterocycles. The molecule has 4 nitrogen and oxygen atoms in total. The smallest absolute Gasteiger partial charge is 0.404 e. The van der Waals surface area contributed by atoms with Crippen LogP contribution in [0.5, 0.6) is 5.75 Å². The molecular formula is C13H18O4. The van der Waals surface area contributed by atoms with Gasteiger partial charge in [-0.05, 0) is 25.5 Å². The number of rotatable bonds is 6. The topological polar surface area (TPSA) is 44.8 Å². The van der Waals surface area contributed by atoms with Crippen molar-refractivity contribution >= 4 is 6.16 Å². The number of hydrogen-bond acceptors (Lipinski definition) is 4. The van der Waals surface area contributed by atoms with E-state index in [1.807, 2.05) is 6.07 Å². The standard InChI is InChI=1S/C13H18O4/c1-3-4-10-15-11(2)16-13(14)17-12-8-6-5-7-9-12/h5-9,11H,3-4,10H2,1-2H3. The molecule has 1 aromatic carbocycles. The second kappa shape index (κ2) is 7.68. The lowest BCUT2D eigenvalue weighted by molar-refractivity contribution is -0.102. The van der Waals surface area contributed by atoms with Gasteiger partial charge < -0.3 is 14.2 Å². The third kappa shape index (κ3) is 5.92. The molecule has 0 bridgehead atoms. The first-order chi connectivity index (χ1) is 8.22. The quantitative estimate of drug-likeness (QED) is 0.330. The van der Waals surface area contributed by atoms with Gasteiger partial charge in [-0.1, -0.05) is 31.5 Å². The van der Waals surface area contributed by atoms with Crippen LogP contribution in [-0.2, 0) is 9.47 Å². The predicted molar refractivity (Wildman–Crippen MR) is 63.9 cm³/mol. The fourth-order valence-corrected chi connectivity index (χ4v) is 1.17. The third-order valence-corrected chi connectivity index (χ3v) is 2.06. The summed E-state index contributed by atoms with van der Waals surface area (Å²) in [5, 5.41) is 0. The molecule has 4 heteroatoms. The Labute approximate surface area is 101 Å². The zero-order valence-corrected chi connectivity index (χ0v) is 10.2. The van der Waals surface area contributed by atoms with Crippen LogP contribution < -0.4 is 4.74 Å². The highest BCUT2D eigenvalue weighted by Crippen LogP contribution is 2.10. The van der Waals surface area contributed by atoms with Gasteiger partial charge in [0.05, 0.1) is 6.61 Å². The van der Waals surface area contributed by atoms with Gasteiger partial charge in [0.15, 0.2) is 0 Å². The van der Waals surface area contributed by atoms with Gasteiger partial charge >= 0.3 is 6.16 Å². The molecule has 0 N–H and O–H groups in total. The minimum absolute atomic E-state index is 0.457. The fraction of sp³-hybridized carbons (Fsp3) is 0.462. The van der Waals surface area contributed by atoms with Gasteiger partial charge in [-0.3, -0.25) is 0 Å². The van der Waals surface area contributed by atoms with Gasteiger partial charge in [0.1, 0.15) is 5.75 Å². The Morgan fingerprint density at radius 1 is 1.29 bits per heavy atom. The van der Waals surface area contributed by atoms with Crippen molar-refractivity contribution < 1.29 is 19.0 Å². The zero-order chi connectivity index (χ0) is 12.5. The molecule has 1 atom stereocenters. The van der Waals surface area contributed by atoms with E-state index in [9.17, 15) is 4.79 Å². The van der Waals surface area contributed by atoms with Gasteiger partial charge in [-0.25, -0.2) is 4.79 Å². The van der Waals surface area contributed by atoms with E-state index in [4.69, 9.17) is 14.2 Å². The molecule has 0 amide bonds. The second-order valence-electron chi connectivity index (χ2n) is 3.57. The van der Waals surface area contributed by atoms with Crippen LogP contribution in [0.15, 0.2) is 30.3 Å². The lowest BCUT2D eigenvalue weighted by atomic mass is 10.3. The summed E-state index contributed by atoms with van der Waals surface area (Å²) in [5.74, 6) is 0.457. The molecule has 1 aromatic rings. The molecule has 0 aliphatic carbocycles. The van der Waals surface area contributed by atoms with E-state index in [0.29, 0.717) is 12.4 Å². The Balaban J connectivity index is 2.25. The lowest BCUT2D eigenvalue weighted by Gasteiger charge is -2.13. The molecule has 0 aromatic heterocycles. The number of hydrogen-bond donors (Lipinski definition) is 0. The van der Waals surface area contributed by atoms with E-state index in [1.54, 1.807) is 31.2 Å². The second-order valence-corrected chi connectivity index (χ2v) is 3.57. The monoisotopic (exact) mass is 238 g/mol. The average molecular weight is 238 g/mol. The molecule has 0 spiro atoms. The Hall–Kier alpha value is -1.55. The third-order valence-electron chi connectivity index (χ3n) is 2.06. The summed E-state index contributed by atoms with van der Waals surface area (Å²) in [6.07, 6.45) is 0.653. The summed E-state index contributed by atoms with van der Waals surface area (Å²) in [6, 6.07) is 8.77. The van der Waals surface area contributed by atoms with Gasteiger partial charge in [0.25, 0.3) is 0 Å². The van der Waals surface area contributed by atoms with E-state index < -0.39 is 12.4 Å². The fourth-order valence-electron chi connectivity index (χ4n) is 1.17. The zero-order valence-electron chi connectivity index (χ0n) is 10.2. The Bertz CT molecular complexity index is 323. The van der Waals surface area contributed by atoms with E-state index >= 15 is 0 Å². The van der Waals surface area contributed by atoms with Gasteiger partial charge in [0, 0.05) is 0 Å². The van der Waals surface area contributed by atoms with Crippen LogP contribution in [-0.4, -0.2) is 19.1 Å². The maximum atomic E-state index is 11.3. The largest absolute Gasteiger partial charge is 0.516 e. The molecule has 1 unspecified atom stereocenters. The van der Waals surface area contributed by atoms with Crippen molar-refractivity contribution in [1.29, 1.82) is 0 Å². The van der Waals surface area contributed by atoms with E-state index in [1.165, 1.54) is 0 Å². The van der Waals surface area contributed by atoms with Crippen LogP contribution in [0.1, 0.15) is 26.7 Å². The molecular weight excluding hydrogens is 220 g/mol. The van der Waals surface area contributed by atoms with Crippen molar-refractivity contribution in [2.75, 3.05) is 6.61 Å². The van der Waals surface area contributed by atoms with Crippen molar-refractivity contribution in [3.63, 3.8) is 0 Å². The van der Waals surface area contributed by atoms with Gasteiger partial charge in [-0.2, -0.15) is 0 Å². The number of unbranched alkanes of at least 4 members (excludes halogenated alkanes) is 1. The Morgan fingerprint density at radius 3 is 2.65 bits per heavy atom. The molecule has 0 heterocycles.